The van der Waals surface area contributed by atoms with Crippen molar-refractivity contribution in [2.45, 2.75) is 18.2 Å². The summed E-state index contributed by atoms with van der Waals surface area (Å²) in [5.74, 6) is 0. The zero-order valence-electron chi connectivity index (χ0n) is 11.2. The van der Waals surface area contributed by atoms with Crippen LogP contribution < -0.4 is 10.5 Å². The summed E-state index contributed by atoms with van der Waals surface area (Å²) < 4.78 is 26.8. The lowest BCUT2D eigenvalue weighted by molar-refractivity contribution is 0.582. The number of nitrogen functional groups attached to an aromatic ring is 1. The minimum absolute atomic E-state index is 0.120. The van der Waals surface area contributed by atoms with Gasteiger partial charge in [-0.25, -0.2) is 13.1 Å². The van der Waals surface area contributed by atoms with E-state index in [0.717, 1.165) is 11.1 Å². The molecule has 20 heavy (non-hydrogen) atoms. The number of nitrogens with one attached hydrogen (secondary N) is 1. The molecule has 3 N–H and O–H groups in total. The lowest BCUT2D eigenvalue weighted by atomic mass is 10.2. The van der Waals surface area contributed by atoms with Crippen molar-refractivity contribution in [3.63, 3.8) is 0 Å². The van der Waals surface area contributed by atoms with Crippen LogP contribution in [-0.2, 0) is 16.4 Å². The van der Waals surface area contributed by atoms with Crippen molar-refractivity contribution in [1.29, 1.82) is 0 Å². The molecule has 0 atom stereocenters. The van der Waals surface area contributed by atoms with Crippen LogP contribution in [0, 0.1) is 6.92 Å². The van der Waals surface area contributed by atoms with Gasteiger partial charge >= 0.3 is 0 Å². The van der Waals surface area contributed by atoms with Crippen molar-refractivity contribution in [2.24, 2.45) is 0 Å². The largest absolute Gasteiger partial charge is 0.398 e. The van der Waals surface area contributed by atoms with Crippen LogP contribution >= 0.6 is 0 Å². The van der Waals surface area contributed by atoms with E-state index in [1.165, 1.54) is 6.07 Å². The van der Waals surface area contributed by atoms with Gasteiger partial charge < -0.3 is 5.73 Å². The fraction of sp³-hybridized carbons (Fsp3) is 0.214. The number of nitrogens with two attached hydrogens (primary N) is 1. The van der Waals surface area contributed by atoms with Crippen molar-refractivity contribution in [1.82, 2.24) is 9.71 Å². The smallest absolute Gasteiger partial charge is 0.242 e. The van der Waals surface area contributed by atoms with E-state index in [1.54, 1.807) is 24.5 Å². The van der Waals surface area contributed by atoms with Gasteiger partial charge in [0.25, 0.3) is 0 Å². The quantitative estimate of drug-likeness (QED) is 0.817. The van der Waals surface area contributed by atoms with Crippen LogP contribution in [0.5, 0.6) is 0 Å². The lowest BCUT2D eigenvalue weighted by Gasteiger charge is -2.09. The molecule has 0 bridgehead atoms. The topological polar surface area (TPSA) is 85.1 Å². The number of aryl methyl sites for hydroxylation is 1. The minimum Gasteiger partial charge on any atom is -0.398 e. The van der Waals surface area contributed by atoms with Crippen molar-refractivity contribution in [3.8, 4) is 0 Å². The Bertz CT molecular complexity index is 685. The van der Waals surface area contributed by atoms with Crippen molar-refractivity contribution < 1.29 is 8.42 Å². The molecule has 0 aliphatic rings. The van der Waals surface area contributed by atoms with Crippen LogP contribution in [0.4, 0.5) is 5.69 Å². The van der Waals surface area contributed by atoms with E-state index in [1.807, 2.05) is 19.1 Å². The monoisotopic (exact) mass is 291 g/mol. The second-order valence-corrected chi connectivity index (χ2v) is 6.29. The molecule has 0 saturated heterocycles. The number of benzene rings is 1. The number of anilines is 1. The summed E-state index contributed by atoms with van der Waals surface area (Å²) in [6.45, 7) is 2.17. The Hall–Kier alpha value is -1.92. The van der Waals surface area contributed by atoms with Crippen LogP contribution in [0.25, 0.3) is 0 Å². The number of pyridine rings is 1. The van der Waals surface area contributed by atoms with E-state index < -0.39 is 10.0 Å². The highest BCUT2D eigenvalue weighted by Crippen LogP contribution is 2.19. The highest BCUT2D eigenvalue weighted by Gasteiger charge is 2.16. The highest BCUT2D eigenvalue weighted by atomic mass is 32.2. The number of aromatic nitrogens is 1. The molecule has 0 spiro atoms. The molecule has 0 amide bonds. The van der Waals surface area contributed by atoms with Crippen LogP contribution in [0.15, 0.2) is 47.6 Å². The second-order valence-electron chi connectivity index (χ2n) is 4.55. The molecule has 0 unspecified atom stereocenters. The minimum atomic E-state index is -3.57. The molecule has 6 heteroatoms. The molecule has 0 aliphatic carbocycles. The van der Waals surface area contributed by atoms with E-state index in [4.69, 9.17) is 5.73 Å². The van der Waals surface area contributed by atoms with Crippen LogP contribution in [0.3, 0.4) is 0 Å². The summed E-state index contributed by atoms with van der Waals surface area (Å²) in [5, 5.41) is 0. The van der Waals surface area contributed by atoms with Gasteiger partial charge in [0.15, 0.2) is 0 Å². The van der Waals surface area contributed by atoms with Crippen molar-refractivity contribution >= 4 is 15.7 Å². The average Bonchev–Trinajstić information content (AvgIpc) is 2.39. The number of hydrogen-bond donors (Lipinski definition) is 2. The van der Waals surface area contributed by atoms with Crippen molar-refractivity contribution in [2.75, 3.05) is 12.3 Å². The van der Waals surface area contributed by atoms with Gasteiger partial charge in [-0.3, -0.25) is 4.98 Å². The van der Waals surface area contributed by atoms with Gasteiger partial charge in [-0.2, -0.15) is 0 Å². The summed E-state index contributed by atoms with van der Waals surface area (Å²) in [5.41, 5.74) is 7.93. The van der Waals surface area contributed by atoms with Crippen LogP contribution in [-0.4, -0.2) is 19.9 Å². The zero-order chi connectivity index (χ0) is 14.6. The van der Waals surface area contributed by atoms with E-state index in [2.05, 4.69) is 9.71 Å². The fourth-order valence-corrected chi connectivity index (χ4v) is 3.01. The Morgan fingerprint density at radius 2 is 2.10 bits per heavy atom. The maximum Gasteiger partial charge on any atom is 0.242 e. The lowest BCUT2D eigenvalue weighted by Crippen LogP contribution is -2.26. The predicted octanol–water partition coefficient (Wildman–Crippen LogP) is 1.49. The number of rotatable bonds is 5. The van der Waals surface area contributed by atoms with Gasteiger partial charge in [-0.1, -0.05) is 12.1 Å². The maximum atomic E-state index is 12.1. The summed E-state index contributed by atoms with van der Waals surface area (Å²) in [6.07, 6.45) is 3.98. The van der Waals surface area contributed by atoms with Gasteiger partial charge in [0.1, 0.15) is 4.90 Å². The Labute approximate surface area is 118 Å². The number of hydrogen-bond acceptors (Lipinski definition) is 4. The van der Waals surface area contributed by atoms with Crippen molar-refractivity contribution in [3.05, 3.63) is 53.9 Å². The Balaban J connectivity index is 2.04. The SMILES string of the molecule is Cc1ccc(S(=O)(=O)NCCc2cccnc2)c(N)c1. The van der Waals surface area contributed by atoms with Gasteiger partial charge in [0, 0.05) is 18.9 Å². The average molecular weight is 291 g/mol. The standard InChI is InChI=1S/C14H17N3O2S/c1-11-4-5-14(13(15)9-11)20(18,19)17-8-6-12-3-2-7-16-10-12/h2-5,7,9-10,17H,6,8,15H2,1H3. The molecule has 1 heterocycles. The number of sulfonamides is 1. The third-order valence-corrected chi connectivity index (χ3v) is 4.42. The summed E-state index contributed by atoms with van der Waals surface area (Å²) in [4.78, 5) is 4.10. The van der Waals surface area contributed by atoms with E-state index >= 15 is 0 Å². The first-order chi connectivity index (χ1) is 9.49. The normalized spacial score (nSPS) is 11.4. The molecule has 0 fully saturated rings. The van der Waals surface area contributed by atoms with E-state index in [9.17, 15) is 8.42 Å². The number of nitrogens with zero attached hydrogens (tertiary/aromatic N) is 1. The molecule has 0 saturated carbocycles. The molecular formula is C14H17N3O2S. The summed E-state index contributed by atoms with van der Waals surface area (Å²) >= 11 is 0. The molecule has 2 aromatic rings. The van der Waals surface area contributed by atoms with Gasteiger partial charge in [0.05, 0.1) is 5.69 Å². The first-order valence-electron chi connectivity index (χ1n) is 6.24. The van der Waals surface area contributed by atoms with Gasteiger partial charge in [-0.15, -0.1) is 0 Å². The molecule has 1 aromatic heterocycles. The van der Waals surface area contributed by atoms with E-state index in [-0.39, 0.29) is 10.6 Å². The van der Waals surface area contributed by atoms with Crippen LogP contribution in [0.2, 0.25) is 0 Å². The second kappa shape index (κ2) is 6.02. The molecule has 2 rings (SSSR count). The molecule has 5 nitrogen and oxygen atoms in total. The third-order valence-electron chi connectivity index (χ3n) is 2.88. The van der Waals surface area contributed by atoms with Gasteiger partial charge in [-0.05, 0) is 42.7 Å². The van der Waals surface area contributed by atoms with E-state index in [0.29, 0.717) is 13.0 Å². The molecule has 1 aromatic carbocycles. The first kappa shape index (κ1) is 14.5. The first-order valence-corrected chi connectivity index (χ1v) is 7.72. The summed E-state index contributed by atoms with van der Waals surface area (Å²) in [7, 11) is -3.57. The summed E-state index contributed by atoms with van der Waals surface area (Å²) in [6, 6.07) is 8.63. The highest BCUT2D eigenvalue weighted by molar-refractivity contribution is 7.89. The molecule has 0 radical (unpaired) electrons. The molecule has 106 valence electrons. The fourth-order valence-electron chi connectivity index (χ4n) is 1.87. The zero-order valence-corrected chi connectivity index (χ0v) is 12.0. The van der Waals surface area contributed by atoms with Gasteiger partial charge in [0.2, 0.25) is 10.0 Å². The predicted molar refractivity (Wildman–Crippen MR) is 78.7 cm³/mol. The Morgan fingerprint density at radius 1 is 1.30 bits per heavy atom. The van der Waals surface area contributed by atoms with Crippen LogP contribution in [0.1, 0.15) is 11.1 Å². The molecular weight excluding hydrogens is 274 g/mol. The third kappa shape index (κ3) is 3.55. The maximum absolute atomic E-state index is 12.1. The Kier molecular flexibility index (Phi) is 4.36. The Morgan fingerprint density at radius 3 is 2.75 bits per heavy atom. The molecule has 0 aliphatic heterocycles.